The Morgan fingerprint density at radius 2 is 2.10 bits per heavy atom. The van der Waals surface area contributed by atoms with Gasteiger partial charge in [-0.15, -0.1) is 11.3 Å². The van der Waals surface area contributed by atoms with Crippen LogP contribution in [0.25, 0.3) is 10.6 Å². The van der Waals surface area contributed by atoms with Crippen molar-refractivity contribution in [3.8, 4) is 10.6 Å². The summed E-state index contributed by atoms with van der Waals surface area (Å²) in [6.45, 7) is 4.85. The first-order valence-electron chi connectivity index (χ1n) is 6.54. The van der Waals surface area contributed by atoms with Crippen LogP contribution in [0, 0.1) is 5.92 Å². The van der Waals surface area contributed by atoms with E-state index in [1.165, 1.54) is 6.20 Å². The van der Waals surface area contributed by atoms with Crippen molar-refractivity contribution in [2.75, 3.05) is 6.54 Å². The molecule has 0 unspecified atom stereocenters. The van der Waals surface area contributed by atoms with Gasteiger partial charge in [0.2, 0.25) is 0 Å². The molecule has 1 N–H and O–H groups in total. The second-order valence-electron chi connectivity index (χ2n) is 5.22. The average Bonchev–Trinajstić information content (AvgIpc) is 2.94. The summed E-state index contributed by atoms with van der Waals surface area (Å²) < 4.78 is 40.7. The predicted molar refractivity (Wildman–Crippen MR) is 75.9 cm³/mol. The number of alkyl halides is 3. The maximum atomic E-state index is 13.1. The minimum Gasteiger partial charge on any atom is -0.312 e. The van der Waals surface area contributed by atoms with Crippen LogP contribution in [-0.4, -0.2) is 21.3 Å². The SMILES string of the molecule is CC(C)CNCc1sc(-c2cnn(C)c2)nc1C(F)(F)F. The van der Waals surface area contributed by atoms with Crippen LogP contribution >= 0.6 is 11.3 Å². The number of nitrogens with one attached hydrogen (secondary N) is 1. The molecule has 0 bridgehead atoms. The molecule has 0 aliphatic heterocycles. The first-order chi connectivity index (χ1) is 9.77. The summed E-state index contributed by atoms with van der Waals surface area (Å²) in [6, 6.07) is 0. The first kappa shape index (κ1) is 16.0. The highest BCUT2D eigenvalue weighted by atomic mass is 32.1. The van der Waals surface area contributed by atoms with Crippen molar-refractivity contribution in [3.63, 3.8) is 0 Å². The molecule has 8 heteroatoms. The van der Waals surface area contributed by atoms with Crippen LogP contribution < -0.4 is 5.32 Å². The molecule has 2 rings (SSSR count). The third-order valence-electron chi connectivity index (χ3n) is 2.76. The maximum Gasteiger partial charge on any atom is 0.434 e. The number of nitrogens with zero attached hydrogens (tertiary/aromatic N) is 3. The standard InChI is InChI=1S/C13H17F3N4S/c1-8(2)4-17-6-10-11(13(14,15)16)19-12(21-10)9-5-18-20(3)7-9/h5,7-8,17H,4,6H2,1-3H3. The van der Waals surface area contributed by atoms with Gasteiger partial charge in [0, 0.05) is 25.4 Å². The Hall–Kier alpha value is -1.41. The van der Waals surface area contributed by atoms with Crippen molar-refractivity contribution in [1.29, 1.82) is 0 Å². The van der Waals surface area contributed by atoms with Crippen molar-refractivity contribution in [3.05, 3.63) is 23.0 Å². The van der Waals surface area contributed by atoms with Crippen LogP contribution in [-0.2, 0) is 19.8 Å². The van der Waals surface area contributed by atoms with Gasteiger partial charge in [0.05, 0.1) is 11.1 Å². The van der Waals surface area contributed by atoms with Gasteiger partial charge in [-0.3, -0.25) is 4.68 Å². The van der Waals surface area contributed by atoms with Crippen molar-refractivity contribution >= 4 is 11.3 Å². The Morgan fingerprint density at radius 3 is 2.62 bits per heavy atom. The molecule has 2 heterocycles. The fourth-order valence-corrected chi connectivity index (χ4v) is 2.85. The van der Waals surface area contributed by atoms with Gasteiger partial charge in [0.1, 0.15) is 5.01 Å². The highest BCUT2D eigenvalue weighted by Crippen LogP contribution is 2.37. The van der Waals surface area contributed by atoms with Crippen molar-refractivity contribution < 1.29 is 13.2 Å². The van der Waals surface area contributed by atoms with E-state index in [1.807, 2.05) is 13.8 Å². The monoisotopic (exact) mass is 318 g/mol. The molecule has 2 aromatic rings. The largest absolute Gasteiger partial charge is 0.434 e. The van der Waals surface area contributed by atoms with Gasteiger partial charge in [0.25, 0.3) is 0 Å². The van der Waals surface area contributed by atoms with Crippen LogP contribution in [0.4, 0.5) is 13.2 Å². The highest BCUT2D eigenvalue weighted by Gasteiger charge is 2.37. The molecule has 0 radical (unpaired) electrons. The lowest BCUT2D eigenvalue weighted by molar-refractivity contribution is -0.141. The molecular weight excluding hydrogens is 301 g/mol. The fraction of sp³-hybridized carbons (Fsp3) is 0.538. The van der Waals surface area contributed by atoms with Crippen LogP contribution in [0.3, 0.4) is 0 Å². The molecule has 0 aromatic carbocycles. The van der Waals surface area contributed by atoms with E-state index < -0.39 is 11.9 Å². The molecule has 0 spiro atoms. The zero-order chi connectivity index (χ0) is 15.6. The van der Waals surface area contributed by atoms with E-state index in [0.717, 1.165) is 11.3 Å². The van der Waals surface area contributed by atoms with Gasteiger partial charge in [-0.1, -0.05) is 13.8 Å². The summed E-state index contributed by atoms with van der Waals surface area (Å²) in [5.41, 5.74) is -0.203. The van der Waals surface area contributed by atoms with E-state index >= 15 is 0 Å². The first-order valence-corrected chi connectivity index (χ1v) is 7.35. The summed E-state index contributed by atoms with van der Waals surface area (Å²) in [6.07, 6.45) is -1.26. The summed E-state index contributed by atoms with van der Waals surface area (Å²) >= 11 is 1.06. The van der Waals surface area contributed by atoms with Crippen molar-refractivity contribution in [1.82, 2.24) is 20.1 Å². The van der Waals surface area contributed by atoms with Crippen LogP contribution in [0.1, 0.15) is 24.4 Å². The molecule has 2 aromatic heterocycles. The van der Waals surface area contributed by atoms with Gasteiger partial charge >= 0.3 is 6.18 Å². The van der Waals surface area contributed by atoms with Crippen molar-refractivity contribution in [2.45, 2.75) is 26.6 Å². The number of aromatic nitrogens is 3. The van der Waals surface area contributed by atoms with Gasteiger partial charge < -0.3 is 5.32 Å². The molecule has 4 nitrogen and oxygen atoms in total. The second-order valence-corrected chi connectivity index (χ2v) is 6.30. The molecule has 0 aliphatic rings. The van der Waals surface area contributed by atoms with Crippen LogP contribution in [0.15, 0.2) is 12.4 Å². The molecular formula is C13H17F3N4S. The summed E-state index contributed by atoms with van der Waals surface area (Å²) in [4.78, 5) is 3.97. The lowest BCUT2D eigenvalue weighted by Crippen LogP contribution is -2.20. The third-order valence-corrected chi connectivity index (χ3v) is 3.86. The smallest absolute Gasteiger partial charge is 0.312 e. The van der Waals surface area contributed by atoms with E-state index in [0.29, 0.717) is 23.0 Å². The van der Waals surface area contributed by atoms with Gasteiger partial charge in [-0.05, 0) is 12.5 Å². The number of thiazole rings is 1. The third kappa shape index (κ3) is 4.04. The number of aryl methyl sites for hydroxylation is 1. The van der Waals surface area contributed by atoms with Crippen molar-refractivity contribution in [2.24, 2.45) is 13.0 Å². The Balaban J connectivity index is 2.27. The number of halogens is 3. The zero-order valence-corrected chi connectivity index (χ0v) is 12.8. The summed E-state index contributed by atoms with van der Waals surface area (Å²) in [5, 5.41) is 7.34. The average molecular weight is 318 g/mol. The Bertz CT molecular complexity index is 601. The van der Waals surface area contributed by atoms with Crippen LogP contribution in [0.2, 0.25) is 0 Å². The van der Waals surface area contributed by atoms with E-state index in [4.69, 9.17) is 0 Å². The molecule has 0 atom stereocenters. The minimum atomic E-state index is -4.44. The molecule has 0 saturated carbocycles. The Labute approximate surface area is 125 Å². The highest BCUT2D eigenvalue weighted by molar-refractivity contribution is 7.15. The van der Waals surface area contributed by atoms with E-state index in [9.17, 15) is 13.2 Å². The van der Waals surface area contributed by atoms with Crippen LogP contribution in [0.5, 0.6) is 0 Å². The zero-order valence-electron chi connectivity index (χ0n) is 12.0. The second kappa shape index (κ2) is 6.15. The molecule has 0 saturated heterocycles. The van der Waals surface area contributed by atoms with E-state index in [1.54, 1.807) is 17.9 Å². The quantitative estimate of drug-likeness (QED) is 0.920. The molecule has 116 valence electrons. The number of hydrogen-bond acceptors (Lipinski definition) is 4. The van der Waals surface area contributed by atoms with Gasteiger partial charge in [-0.2, -0.15) is 18.3 Å². The predicted octanol–water partition coefficient (Wildman–Crippen LogP) is 3.31. The fourth-order valence-electron chi connectivity index (χ4n) is 1.82. The molecule has 0 aliphatic carbocycles. The normalized spacial score (nSPS) is 12.3. The minimum absolute atomic E-state index is 0.172. The topological polar surface area (TPSA) is 42.7 Å². The summed E-state index contributed by atoms with van der Waals surface area (Å²) in [5.74, 6) is 0.380. The Kier molecular flexibility index (Phi) is 4.67. The maximum absolute atomic E-state index is 13.1. The molecule has 0 amide bonds. The van der Waals surface area contributed by atoms with E-state index in [-0.39, 0.29) is 11.4 Å². The van der Waals surface area contributed by atoms with Gasteiger partial charge in [0.15, 0.2) is 5.69 Å². The number of rotatable bonds is 5. The van der Waals surface area contributed by atoms with E-state index in [2.05, 4.69) is 15.4 Å². The molecule has 21 heavy (non-hydrogen) atoms. The lowest BCUT2D eigenvalue weighted by Gasteiger charge is -2.08. The lowest BCUT2D eigenvalue weighted by atomic mass is 10.2. The summed E-state index contributed by atoms with van der Waals surface area (Å²) in [7, 11) is 1.72. The molecule has 0 fully saturated rings. The Morgan fingerprint density at radius 1 is 1.38 bits per heavy atom. The number of hydrogen-bond donors (Lipinski definition) is 1. The van der Waals surface area contributed by atoms with Gasteiger partial charge in [-0.25, -0.2) is 4.98 Å².